The molecule has 1 fully saturated rings. The molecule has 4 nitrogen and oxygen atoms in total. The highest BCUT2D eigenvalue weighted by molar-refractivity contribution is 6.31. The topological polar surface area (TPSA) is 73.6 Å². The number of ether oxygens (including phenoxy) is 1. The molecule has 1 saturated carbocycles. The Morgan fingerprint density at radius 3 is 2.84 bits per heavy atom. The maximum absolute atomic E-state index is 13.7. The summed E-state index contributed by atoms with van der Waals surface area (Å²) < 4.78 is 32.6. The molecule has 1 aromatic rings. The van der Waals surface area contributed by atoms with Crippen LogP contribution in [-0.2, 0) is 10.3 Å². The van der Waals surface area contributed by atoms with E-state index in [0.717, 1.165) is 0 Å². The number of fused-ring (bicyclic) bond motifs is 1. The Labute approximate surface area is 113 Å². The van der Waals surface area contributed by atoms with Gasteiger partial charge in [0.15, 0.2) is 5.54 Å². The molecular weight excluding hydrogens is 276 g/mol. The van der Waals surface area contributed by atoms with Crippen LogP contribution in [0.4, 0.5) is 14.5 Å². The summed E-state index contributed by atoms with van der Waals surface area (Å²) in [4.78, 5) is 3.89. The SMILES string of the molecule is NC1=N[C@](c2cc(N)ccc2Cl)(C(F)F)[C@@H]2C[C@@H]2O1. The van der Waals surface area contributed by atoms with Crippen molar-refractivity contribution in [3.63, 3.8) is 0 Å². The first-order valence-electron chi connectivity index (χ1n) is 5.81. The summed E-state index contributed by atoms with van der Waals surface area (Å²) >= 11 is 6.05. The minimum absolute atomic E-state index is 0.207. The van der Waals surface area contributed by atoms with Crippen LogP contribution < -0.4 is 11.5 Å². The number of nitrogens with two attached hydrogens (primary N) is 2. The summed E-state index contributed by atoms with van der Waals surface area (Å²) in [6.45, 7) is 0. The van der Waals surface area contributed by atoms with E-state index < -0.39 is 17.9 Å². The summed E-state index contributed by atoms with van der Waals surface area (Å²) in [5.74, 6) is -0.418. The fourth-order valence-electron chi connectivity index (χ4n) is 2.65. The van der Waals surface area contributed by atoms with E-state index in [4.69, 9.17) is 27.8 Å². The van der Waals surface area contributed by atoms with Gasteiger partial charge in [-0.3, -0.25) is 0 Å². The minimum atomic E-state index is -2.73. The molecule has 0 radical (unpaired) electrons. The molecule has 0 unspecified atom stereocenters. The maximum Gasteiger partial charge on any atom is 0.283 e. The van der Waals surface area contributed by atoms with Gasteiger partial charge in [-0.1, -0.05) is 11.6 Å². The zero-order valence-electron chi connectivity index (χ0n) is 9.82. The van der Waals surface area contributed by atoms with Gasteiger partial charge in [-0.2, -0.15) is 0 Å². The second kappa shape index (κ2) is 3.96. The summed E-state index contributed by atoms with van der Waals surface area (Å²) in [5, 5.41) is 0.207. The average Bonchev–Trinajstić information content (AvgIpc) is 3.10. The molecule has 1 aromatic carbocycles. The second-order valence-electron chi connectivity index (χ2n) is 4.81. The first kappa shape index (κ1) is 12.5. The van der Waals surface area contributed by atoms with Gasteiger partial charge < -0.3 is 16.2 Å². The van der Waals surface area contributed by atoms with E-state index in [9.17, 15) is 8.78 Å². The van der Waals surface area contributed by atoms with Crippen molar-refractivity contribution < 1.29 is 13.5 Å². The van der Waals surface area contributed by atoms with Crippen molar-refractivity contribution in [3.05, 3.63) is 28.8 Å². The third-order valence-corrected chi connectivity index (χ3v) is 3.95. The number of nitrogen functional groups attached to an aromatic ring is 1. The molecule has 7 heteroatoms. The molecule has 0 amide bonds. The van der Waals surface area contributed by atoms with E-state index in [1.54, 1.807) is 6.07 Å². The molecule has 1 aliphatic heterocycles. The van der Waals surface area contributed by atoms with Crippen LogP contribution in [0.15, 0.2) is 23.2 Å². The zero-order chi connectivity index (χ0) is 13.8. The van der Waals surface area contributed by atoms with E-state index in [1.165, 1.54) is 12.1 Å². The molecule has 0 aromatic heterocycles. The standard InChI is InChI=1S/C12H12ClF2N3O/c13-8-2-1-5(16)3-6(8)12(10(14)15)7-4-9(7)19-11(17)18-12/h1-3,7,9-10H,4,16H2,(H2,17,18)/t7-,9+,12+/m1/s1. The van der Waals surface area contributed by atoms with Crippen LogP contribution in [0.2, 0.25) is 5.02 Å². The van der Waals surface area contributed by atoms with Gasteiger partial charge in [-0.15, -0.1) is 0 Å². The number of anilines is 1. The maximum atomic E-state index is 13.7. The van der Waals surface area contributed by atoms with Gasteiger partial charge in [0, 0.05) is 22.2 Å². The fourth-order valence-corrected chi connectivity index (χ4v) is 2.92. The van der Waals surface area contributed by atoms with Crippen molar-refractivity contribution in [2.24, 2.45) is 16.6 Å². The number of alkyl halides is 2. The summed E-state index contributed by atoms with van der Waals surface area (Å²) in [7, 11) is 0. The predicted octanol–water partition coefficient (Wildman–Crippen LogP) is 2.12. The lowest BCUT2D eigenvalue weighted by Gasteiger charge is -2.33. The van der Waals surface area contributed by atoms with Crippen LogP contribution in [0, 0.1) is 5.92 Å². The number of rotatable bonds is 2. The van der Waals surface area contributed by atoms with Crippen molar-refractivity contribution in [1.82, 2.24) is 0 Å². The lowest BCUT2D eigenvalue weighted by Crippen LogP contribution is -2.43. The number of amidine groups is 1. The molecule has 0 saturated heterocycles. The first-order chi connectivity index (χ1) is 8.95. The highest BCUT2D eigenvalue weighted by Gasteiger charge is 2.64. The van der Waals surface area contributed by atoms with Gasteiger partial charge in [0.2, 0.25) is 0 Å². The molecule has 2 aliphatic rings. The monoisotopic (exact) mass is 287 g/mol. The summed E-state index contributed by atoms with van der Waals surface area (Å²) in [5.41, 5.74) is 10.0. The number of aliphatic imine (C=N–C) groups is 1. The molecule has 0 spiro atoms. The third-order valence-electron chi connectivity index (χ3n) is 3.62. The highest BCUT2D eigenvalue weighted by Crippen LogP contribution is 2.56. The molecule has 4 N–H and O–H groups in total. The molecule has 1 heterocycles. The first-order valence-corrected chi connectivity index (χ1v) is 6.18. The third kappa shape index (κ3) is 1.74. The largest absolute Gasteiger partial charge is 0.462 e. The van der Waals surface area contributed by atoms with Gasteiger partial charge in [0.1, 0.15) is 6.10 Å². The van der Waals surface area contributed by atoms with E-state index in [-0.39, 0.29) is 22.7 Å². The van der Waals surface area contributed by atoms with Crippen LogP contribution in [0.5, 0.6) is 0 Å². The number of nitrogens with zero attached hydrogens (tertiary/aromatic N) is 1. The Hall–Kier alpha value is -1.56. The van der Waals surface area contributed by atoms with Crippen molar-refractivity contribution in [3.8, 4) is 0 Å². The van der Waals surface area contributed by atoms with E-state index in [1.807, 2.05) is 0 Å². The van der Waals surface area contributed by atoms with E-state index >= 15 is 0 Å². The van der Waals surface area contributed by atoms with Crippen molar-refractivity contribution >= 4 is 23.3 Å². The van der Waals surface area contributed by atoms with Crippen LogP contribution in [0.3, 0.4) is 0 Å². The van der Waals surface area contributed by atoms with Gasteiger partial charge in [0.05, 0.1) is 0 Å². The number of benzene rings is 1. The molecule has 3 rings (SSSR count). The Kier molecular flexibility index (Phi) is 2.60. The predicted molar refractivity (Wildman–Crippen MR) is 68.1 cm³/mol. The molecule has 1 aliphatic carbocycles. The molecule has 19 heavy (non-hydrogen) atoms. The Morgan fingerprint density at radius 2 is 2.16 bits per heavy atom. The molecule has 0 bridgehead atoms. The Bertz CT molecular complexity index is 566. The lowest BCUT2D eigenvalue weighted by molar-refractivity contribution is 0.0197. The van der Waals surface area contributed by atoms with Crippen LogP contribution in [-0.4, -0.2) is 18.6 Å². The summed E-state index contributed by atoms with van der Waals surface area (Å²) in [6, 6.07) is 4.26. The van der Waals surface area contributed by atoms with Crippen LogP contribution in [0.25, 0.3) is 0 Å². The fraction of sp³-hybridized carbons (Fsp3) is 0.417. The van der Waals surface area contributed by atoms with Gasteiger partial charge in [0.25, 0.3) is 12.4 Å². The minimum Gasteiger partial charge on any atom is -0.462 e. The molecule has 102 valence electrons. The summed E-state index contributed by atoms with van der Waals surface area (Å²) in [6.07, 6.45) is -2.56. The quantitative estimate of drug-likeness (QED) is 0.818. The smallest absolute Gasteiger partial charge is 0.283 e. The van der Waals surface area contributed by atoms with Crippen molar-refractivity contribution in [2.75, 3.05) is 5.73 Å². The Balaban J connectivity index is 2.21. The number of hydrogen-bond acceptors (Lipinski definition) is 4. The van der Waals surface area contributed by atoms with E-state index in [0.29, 0.717) is 12.1 Å². The highest BCUT2D eigenvalue weighted by atomic mass is 35.5. The molecule has 3 atom stereocenters. The Morgan fingerprint density at radius 1 is 1.42 bits per heavy atom. The van der Waals surface area contributed by atoms with Crippen molar-refractivity contribution in [2.45, 2.75) is 24.5 Å². The van der Waals surface area contributed by atoms with Crippen LogP contribution >= 0.6 is 11.6 Å². The second-order valence-corrected chi connectivity index (χ2v) is 5.22. The number of halogens is 3. The lowest BCUT2D eigenvalue weighted by atomic mass is 9.85. The average molecular weight is 288 g/mol. The van der Waals surface area contributed by atoms with Crippen molar-refractivity contribution in [1.29, 1.82) is 0 Å². The van der Waals surface area contributed by atoms with Gasteiger partial charge in [-0.05, 0) is 24.6 Å². The van der Waals surface area contributed by atoms with Gasteiger partial charge >= 0.3 is 0 Å². The zero-order valence-corrected chi connectivity index (χ0v) is 10.6. The van der Waals surface area contributed by atoms with Crippen LogP contribution in [0.1, 0.15) is 12.0 Å². The molecular formula is C12H12ClF2N3O. The van der Waals surface area contributed by atoms with E-state index in [2.05, 4.69) is 4.99 Å². The van der Waals surface area contributed by atoms with Gasteiger partial charge in [-0.25, -0.2) is 13.8 Å². The normalized spacial score (nSPS) is 32.5. The number of hydrogen-bond donors (Lipinski definition) is 2.